The molecular formula is C16H16N2O4S. The largest absolute Gasteiger partial charge is 0.477 e. The van der Waals surface area contributed by atoms with Crippen LogP contribution in [-0.4, -0.2) is 31.0 Å². The monoisotopic (exact) mass is 332 g/mol. The van der Waals surface area contributed by atoms with Gasteiger partial charge in [-0.1, -0.05) is 30.3 Å². The van der Waals surface area contributed by atoms with Gasteiger partial charge >= 0.3 is 5.97 Å². The van der Waals surface area contributed by atoms with Gasteiger partial charge in [-0.3, -0.25) is 0 Å². The average molecular weight is 332 g/mol. The number of rotatable bonds is 6. The number of pyridine rings is 1. The van der Waals surface area contributed by atoms with E-state index in [2.05, 4.69) is 9.71 Å². The maximum Gasteiger partial charge on any atom is 0.354 e. The Kier molecular flexibility index (Phi) is 4.14. The van der Waals surface area contributed by atoms with E-state index >= 15 is 0 Å². The van der Waals surface area contributed by atoms with Crippen LogP contribution in [0.25, 0.3) is 0 Å². The molecule has 1 aliphatic rings. The van der Waals surface area contributed by atoms with Gasteiger partial charge in [0.25, 0.3) is 0 Å². The maximum atomic E-state index is 12.2. The second kappa shape index (κ2) is 6.10. The van der Waals surface area contributed by atoms with Crippen molar-refractivity contribution in [2.45, 2.75) is 17.2 Å². The highest BCUT2D eigenvalue weighted by Crippen LogP contribution is 2.46. The Labute approximate surface area is 134 Å². The first-order valence-corrected chi connectivity index (χ1v) is 8.69. The standard InChI is InChI=1S/C16H16N2O4S/c19-16(20)15-7-6-13(10-17-15)23(21,22)18-9-12-8-14(12)11-4-2-1-3-5-11/h1-7,10,12,14,18H,8-9H2,(H,19,20)/t12-,14-/m1/s1. The summed E-state index contributed by atoms with van der Waals surface area (Å²) in [5.74, 6) is -0.504. The Morgan fingerprint density at radius 1 is 1.22 bits per heavy atom. The number of nitrogens with zero attached hydrogens (tertiary/aromatic N) is 1. The van der Waals surface area contributed by atoms with E-state index in [4.69, 9.17) is 5.11 Å². The van der Waals surface area contributed by atoms with Gasteiger partial charge in [0.2, 0.25) is 10.0 Å². The summed E-state index contributed by atoms with van der Waals surface area (Å²) >= 11 is 0. The van der Waals surface area contributed by atoms with Gasteiger partial charge in [0.15, 0.2) is 0 Å². The molecule has 3 rings (SSSR count). The molecule has 0 spiro atoms. The van der Waals surface area contributed by atoms with E-state index < -0.39 is 16.0 Å². The van der Waals surface area contributed by atoms with E-state index in [0.717, 1.165) is 12.6 Å². The predicted octanol–water partition coefficient (Wildman–Crippen LogP) is 1.86. The van der Waals surface area contributed by atoms with Crippen molar-refractivity contribution < 1.29 is 18.3 Å². The molecule has 7 heteroatoms. The molecule has 1 aromatic heterocycles. The first-order chi connectivity index (χ1) is 11.0. The minimum absolute atomic E-state index is 0.0283. The zero-order valence-electron chi connectivity index (χ0n) is 12.2. The zero-order valence-corrected chi connectivity index (χ0v) is 13.0. The van der Waals surface area contributed by atoms with Crippen LogP contribution in [0.3, 0.4) is 0 Å². The Balaban J connectivity index is 1.61. The van der Waals surface area contributed by atoms with Crippen molar-refractivity contribution in [2.24, 2.45) is 5.92 Å². The van der Waals surface area contributed by atoms with Gasteiger partial charge < -0.3 is 5.11 Å². The zero-order chi connectivity index (χ0) is 16.4. The summed E-state index contributed by atoms with van der Waals surface area (Å²) in [4.78, 5) is 14.3. The summed E-state index contributed by atoms with van der Waals surface area (Å²) in [5, 5.41) is 8.77. The Morgan fingerprint density at radius 3 is 2.57 bits per heavy atom. The third-order valence-electron chi connectivity index (χ3n) is 3.95. The number of hydrogen-bond donors (Lipinski definition) is 2. The van der Waals surface area contributed by atoms with Crippen molar-refractivity contribution in [3.63, 3.8) is 0 Å². The van der Waals surface area contributed by atoms with Crippen LogP contribution in [0.1, 0.15) is 28.4 Å². The fraction of sp³-hybridized carbons (Fsp3) is 0.250. The summed E-state index contributed by atoms with van der Waals surface area (Å²) in [6.45, 7) is 0.364. The molecule has 6 nitrogen and oxygen atoms in total. The van der Waals surface area contributed by atoms with Crippen LogP contribution in [-0.2, 0) is 10.0 Å². The van der Waals surface area contributed by atoms with Crippen molar-refractivity contribution in [3.05, 3.63) is 59.9 Å². The van der Waals surface area contributed by atoms with E-state index in [9.17, 15) is 13.2 Å². The molecule has 1 aliphatic carbocycles. The number of sulfonamides is 1. The van der Waals surface area contributed by atoms with Crippen molar-refractivity contribution >= 4 is 16.0 Å². The van der Waals surface area contributed by atoms with E-state index in [0.29, 0.717) is 18.4 Å². The van der Waals surface area contributed by atoms with Gasteiger partial charge in [-0.25, -0.2) is 22.9 Å². The third kappa shape index (κ3) is 3.57. The summed E-state index contributed by atoms with van der Waals surface area (Å²) < 4.78 is 27.0. The molecule has 2 aromatic rings. The van der Waals surface area contributed by atoms with E-state index in [-0.39, 0.29) is 10.6 Å². The Morgan fingerprint density at radius 2 is 1.96 bits per heavy atom. The Bertz CT molecular complexity index is 804. The number of nitrogens with one attached hydrogen (secondary N) is 1. The van der Waals surface area contributed by atoms with Crippen LogP contribution in [0.15, 0.2) is 53.6 Å². The molecule has 1 fully saturated rings. The molecule has 23 heavy (non-hydrogen) atoms. The fourth-order valence-electron chi connectivity index (χ4n) is 2.55. The highest BCUT2D eigenvalue weighted by atomic mass is 32.2. The lowest BCUT2D eigenvalue weighted by Crippen LogP contribution is -2.26. The molecule has 1 aromatic carbocycles. The number of benzene rings is 1. The van der Waals surface area contributed by atoms with Gasteiger partial charge in [0.05, 0.1) is 0 Å². The van der Waals surface area contributed by atoms with Gasteiger partial charge in [-0.05, 0) is 36.0 Å². The highest BCUT2D eigenvalue weighted by Gasteiger charge is 2.38. The SMILES string of the molecule is O=C(O)c1ccc(S(=O)(=O)NC[C@H]2C[C@@H]2c2ccccc2)cn1. The van der Waals surface area contributed by atoms with Crippen LogP contribution in [0.5, 0.6) is 0 Å². The van der Waals surface area contributed by atoms with Crippen molar-refractivity contribution in [3.8, 4) is 0 Å². The topological polar surface area (TPSA) is 96.4 Å². The molecule has 0 unspecified atom stereocenters. The summed E-state index contributed by atoms with van der Waals surface area (Å²) in [6, 6.07) is 12.4. The smallest absolute Gasteiger partial charge is 0.354 e. The molecule has 2 atom stereocenters. The van der Waals surface area contributed by atoms with Gasteiger partial charge in [-0.15, -0.1) is 0 Å². The maximum absolute atomic E-state index is 12.2. The fourth-order valence-corrected chi connectivity index (χ4v) is 3.59. The summed E-state index contributed by atoms with van der Waals surface area (Å²) in [7, 11) is -3.67. The van der Waals surface area contributed by atoms with Crippen LogP contribution in [0, 0.1) is 5.92 Å². The molecule has 0 saturated heterocycles. The lowest BCUT2D eigenvalue weighted by molar-refractivity contribution is 0.0690. The van der Waals surface area contributed by atoms with Crippen LogP contribution >= 0.6 is 0 Å². The highest BCUT2D eigenvalue weighted by molar-refractivity contribution is 7.89. The normalized spacial score (nSPS) is 20.2. The Hall–Kier alpha value is -2.25. The van der Waals surface area contributed by atoms with E-state index in [1.54, 1.807) is 0 Å². The predicted molar refractivity (Wildman–Crippen MR) is 83.7 cm³/mol. The second-order valence-corrected chi connectivity index (χ2v) is 7.32. The number of hydrogen-bond acceptors (Lipinski definition) is 4. The molecule has 0 bridgehead atoms. The average Bonchev–Trinajstić information content (AvgIpc) is 3.34. The van der Waals surface area contributed by atoms with Crippen molar-refractivity contribution in [1.29, 1.82) is 0 Å². The minimum Gasteiger partial charge on any atom is -0.477 e. The molecule has 1 saturated carbocycles. The van der Waals surface area contributed by atoms with E-state index in [1.807, 2.05) is 30.3 Å². The molecule has 120 valence electrons. The van der Waals surface area contributed by atoms with Gasteiger partial charge in [0.1, 0.15) is 10.6 Å². The van der Waals surface area contributed by atoms with E-state index in [1.165, 1.54) is 17.7 Å². The van der Waals surface area contributed by atoms with Crippen LogP contribution < -0.4 is 4.72 Å². The van der Waals surface area contributed by atoms with Crippen LogP contribution in [0.2, 0.25) is 0 Å². The lowest BCUT2D eigenvalue weighted by atomic mass is 10.1. The first-order valence-electron chi connectivity index (χ1n) is 7.21. The van der Waals surface area contributed by atoms with Crippen LogP contribution in [0.4, 0.5) is 0 Å². The molecule has 0 radical (unpaired) electrons. The molecule has 2 N–H and O–H groups in total. The summed E-state index contributed by atoms with van der Waals surface area (Å²) in [6.07, 6.45) is 2.02. The lowest BCUT2D eigenvalue weighted by Gasteiger charge is -2.06. The van der Waals surface area contributed by atoms with Crippen molar-refractivity contribution in [2.75, 3.05) is 6.54 Å². The van der Waals surface area contributed by atoms with Crippen molar-refractivity contribution in [1.82, 2.24) is 9.71 Å². The number of aromatic nitrogens is 1. The van der Waals surface area contributed by atoms with Gasteiger partial charge in [-0.2, -0.15) is 0 Å². The summed E-state index contributed by atoms with van der Waals surface area (Å²) in [5.41, 5.74) is 1.04. The quantitative estimate of drug-likeness (QED) is 0.842. The molecule has 0 aliphatic heterocycles. The number of carbonyl (C=O) groups is 1. The van der Waals surface area contributed by atoms with Gasteiger partial charge in [0, 0.05) is 12.7 Å². The molecule has 1 heterocycles. The molecular weight excluding hydrogens is 316 g/mol. The second-order valence-electron chi connectivity index (χ2n) is 5.55. The third-order valence-corrected chi connectivity index (χ3v) is 5.36. The number of aromatic carboxylic acids is 1. The number of carboxylic acid groups (broad SMARTS) is 1. The number of carboxylic acids is 1. The molecule has 0 amide bonds. The first kappa shape index (κ1) is 15.6. The minimum atomic E-state index is -3.67.